The van der Waals surface area contributed by atoms with Gasteiger partial charge in [-0.2, -0.15) is 0 Å². The first kappa shape index (κ1) is 32.4. The number of halogens is 2. The summed E-state index contributed by atoms with van der Waals surface area (Å²) in [5.41, 5.74) is 7.92. The van der Waals surface area contributed by atoms with Gasteiger partial charge in [-0.05, 0) is 50.3 Å². The molecule has 46 heavy (non-hydrogen) atoms. The van der Waals surface area contributed by atoms with Crippen LogP contribution in [0.15, 0.2) is 60.7 Å². The van der Waals surface area contributed by atoms with Gasteiger partial charge in [-0.15, -0.1) is 0 Å². The molecule has 0 spiro atoms. The Bertz CT molecular complexity index is 1730. The molecule has 6 rings (SSSR count). The van der Waals surface area contributed by atoms with Gasteiger partial charge in [0.1, 0.15) is 0 Å². The van der Waals surface area contributed by atoms with Crippen LogP contribution in [-0.4, -0.2) is 53.3 Å². The van der Waals surface area contributed by atoms with Gasteiger partial charge in [0.25, 0.3) is 0 Å². The highest BCUT2D eigenvalue weighted by Gasteiger charge is 2.24. The Kier molecular flexibility index (Phi) is 10.2. The van der Waals surface area contributed by atoms with E-state index in [1.807, 2.05) is 54.6 Å². The molecule has 4 N–H and O–H groups in total. The van der Waals surface area contributed by atoms with Crippen molar-refractivity contribution >= 4 is 29.1 Å². The molecule has 3 heterocycles. The number of hydrogen-bond acceptors (Lipinski definition) is 7. The van der Waals surface area contributed by atoms with Crippen LogP contribution in [0.25, 0.3) is 33.6 Å². The first-order chi connectivity index (χ1) is 22.3. The van der Waals surface area contributed by atoms with Gasteiger partial charge in [0.2, 0.25) is 11.8 Å². The highest BCUT2D eigenvalue weighted by molar-refractivity contribution is 6.39. The Morgan fingerprint density at radius 1 is 0.935 bits per heavy atom. The van der Waals surface area contributed by atoms with E-state index in [0.29, 0.717) is 47.7 Å². The number of fused-ring (bicyclic) bond motifs is 1. The van der Waals surface area contributed by atoms with Crippen LogP contribution >= 0.6 is 23.2 Å². The highest BCUT2D eigenvalue weighted by atomic mass is 35.5. The predicted molar refractivity (Wildman–Crippen MR) is 183 cm³/mol. The summed E-state index contributed by atoms with van der Waals surface area (Å²) in [5.74, 6) is 0.623. The first-order valence-electron chi connectivity index (χ1n) is 15.9. The van der Waals surface area contributed by atoms with Crippen molar-refractivity contribution in [3.05, 3.63) is 87.5 Å². The molecule has 2 aromatic heterocycles. The number of nitrogens with one attached hydrogen (secondary N) is 3. The van der Waals surface area contributed by atoms with Crippen molar-refractivity contribution < 1.29 is 14.6 Å². The van der Waals surface area contributed by atoms with Gasteiger partial charge in [0, 0.05) is 71.6 Å². The van der Waals surface area contributed by atoms with Crippen molar-refractivity contribution in [1.29, 1.82) is 0 Å². The maximum Gasteiger partial charge on any atom is 0.220 e. The molecule has 0 bridgehead atoms. The van der Waals surface area contributed by atoms with Gasteiger partial charge >= 0.3 is 0 Å². The maximum atomic E-state index is 11.5. The number of hydrogen-bond donors (Lipinski definition) is 4. The maximum absolute atomic E-state index is 11.5. The minimum absolute atomic E-state index is 0.106. The number of rotatable bonds is 11. The molecule has 4 aromatic rings. The van der Waals surface area contributed by atoms with E-state index in [9.17, 15) is 9.90 Å². The van der Waals surface area contributed by atoms with Crippen molar-refractivity contribution in [2.45, 2.75) is 63.8 Å². The molecule has 8 nitrogen and oxygen atoms in total. The molecule has 2 aromatic carbocycles. The molecule has 1 fully saturated rings. The summed E-state index contributed by atoms with van der Waals surface area (Å²) in [6, 6.07) is 20.2. The molecule has 3 atom stereocenters. The third kappa shape index (κ3) is 7.06. The fourth-order valence-corrected chi connectivity index (χ4v) is 7.00. The summed E-state index contributed by atoms with van der Waals surface area (Å²) >= 11 is 14.2. The average molecular weight is 661 g/mol. The predicted octanol–water partition coefficient (Wildman–Crippen LogP) is 6.51. The zero-order chi connectivity index (χ0) is 32.2. The summed E-state index contributed by atoms with van der Waals surface area (Å²) < 4.78 is 5.65. The quantitative estimate of drug-likeness (QED) is 0.145. The van der Waals surface area contributed by atoms with E-state index in [1.165, 1.54) is 5.56 Å². The lowest BCUT2D eigenvalue weighted by molar-refractivity contribution is -0.119. The van der Waals surface area contributed by atoms with Crippen LogP contribution in [0.5, 0.6) is 5.88 Å². The van der Waals surface area contributed by atoms with E-state index in [2.05, 4.69) is 22.0 Å². The van der Waals surface area contributed by atoms with E-state index in [-0.39, 0.29) is 18.0 Å². The lowest BCUT2D eigenvalue weighted by Crippen LogP contribution is -2.35. The van der Waals surface area contributed by atoms with Crippen molar-refractivity contribution in [3.63, 3.8) is 0 Å². The van der Waals surface area contributed by atoms with E-state index in [1.54, 1.807) is 14.0 Å². The number of aromatic nitrogens is 2. The SMILES string of the molecule is COc1nc(-c2cccc(-c3cccc(-c4ccc5c(n4)CCCC5NCC(C)O)c3Cl)c2Cl)ccc1CNC[C@@H]1CCC(=O)N1. The van der Waals surface area contributed by atoms with Gasteiger partial charge in [-0.1, -0.05) is 71.7 Å². The summed E-state index contributed by atoms with van der Waals surface area (Å²) in [6.45, 7) is 3.59. The largest absolute Gasteiger partial charge is 0.481 e. The second-order valence-electron chi connectivity index (χ2n) is 12.1. The second-order valence-corrected chi connectivity index (χ2v) is 12.8. The zero-order valence-electron chi connectivity index (χ0n) is 26.1. The number of pyridine rings is 2. The lowest BCUT2D eigenvalue weighted by Gasteiger charge is -2.27. The number of carbonyl (C=O) groups is 1. The third-order valence-corrected chi connectivity index (χ3v) is 9.53. The standard InChI is InChI=1S/C36H39Cl2N5O3/c1-21(44)18-40-29-10-5-11-30-26(29)14-16-31(42-30)27-8-3-6-24(34(27)37)25-7-4-9-28(35(25)38)32-15-12-22(36(43-32)46-2)19-39-20-23-13-17-33(45)41-23/h3-4,6-9,12,14-16,21,23,29,39-40,44H,5,10-11,13,17-20H2,1-2H3,(H,41,45)/t21?,23-,29?/m0/s1. The van der Waals surface area contributed by atoms with Crippen LogP contribution in [0, 0.1) is 0 Å². The number of methoxy groups -OCH3 is 1. The van der Waals surface area contributed by atoms with Crippen LogP contribution in [0.2, 0.25) is 10.0 Å². The summed E-state index contributed by atoms with van der Waals surface area (Å²) in [5, 5.41) is 20.7. The van der Waals surface area contributed by atoms with Crippen LogP contribution in [0.1, 0.15) is 55.5 Å². The van der Waals surface area contributed by atoms with Crippen LogP contribution in [0.3, 0.4) is 0 Å². The number of aliphatic hydroxyl groups is 1. The topological polar surface area (TPSA) is 108 Å². The number of ether oxygens (including phenoxy) is 1. The summed E-state index contributed by atoms with van der Waals surface area (Å²) in [7, 11) is 1.61. The van der Waals surface area contributed by atoms with Gasteiger partial charge in [-0.3, -0.25) is 9.78 Å². The van der Waals surface area contributed by atoms with E-state index in [0.717, 1.165) is 64.9 Å². The van der Waals surface area contributed by atoms with Crippen molar-refractivity contribution in [2.24, 2.45) is 0 Å². The molecular formula is C36H39Cl2N5O3. The van der Waals surface area contributed by atoms with Crippen molar-refractivity contribution in [3.8, 4) is 39.5 Å². The molecule has 0 saturated carbocycles. The Labute approximate surface area is 279 Å². The fourth-order valence-electron chi connectivity index (χ4n) is 6.35. The number of carbonyl (C=O) groups excluding carboxylic acids is 1. The average Bonchev–Trinajstić information content (AvgIpc) is 3.48. The normalized spacial score (nSPS) is 18.2. The number of aryl methyl sites for hydroxylation is 1. The molecule has 2 unspecified atom stereocenters. The molecular weight excluding hydrogens is 621 g/mol. The molecule has 1 amide bonds. The Hall–Kier alpha value is -3.53. The van der Waals surface area contributed by atoms with Gasteiger partial charge in [0.05, 0.1) is 34.6 Å². The zero-order valence-corrected chi connectivity index (χ0v) is 27.6. The number of nitrogens with zero attached hydrogens (tertiary/aromatic N) is 2. The Morgan fingerprint density at radius 3 is 2.26 bits per heavy atom. The molecule has 240 valence electrons. The van der Waals surface area contributed by atoms with E-state index < -0.39 is 6.10 Å². The molecule has 1 saturated heterocycles. The number of amides is 1. The van der Waals surface area contributed by atoms with Crippen LogP contribution in [-0.2, 0) is 17.8 Å². The Balaban J connectivity index is 1.25. The van der Waals surface area contributed by atoms with Crippen molar-refractivity contribution in [1.82, 2.24) is 25.9 Å². The van der Waals surface area contributed by atoms with Crippen molar-refractivity contribution in [2.75, 3.05) is 20.2 Å². The molecule has 1 aliphatic carbocycles. The van der Waals surface area contributed by atoms with Gasteiger partial charge < -0.3 is 25.8 Å². The second kappa shape index (κ2) is 14.5. The summed E-state index contributed by atoms with van der Waals surface area (Å²) in [6.07, 6.45) is 3.99. The first-order valence-corrected chi connectivity index (χ1v) is 16.6. The minimum atomic E-state index is -0.400. The summed E-state index contributed by atoms with van der Waals surface area (Å²) in [4.78, 5) is 21.3. The molecule has 2 aliphatic rings. The molecule has 10 heteroatoms. The van der Waals surface area contributed by atoms with Gasteiger partial charge in [0.15, 0.2) is 0 Å². The number of benzene rings is 2. The highest BCUT2D eigenvalue weighted by Crippen LogP contribution is 2.42. The smallest absolute Gasteiger partial charge is 0.220 e. The Morgan fingerprint density at radius 2 is 1.61 bits per heavy atom. The third-order valence-electron chi connectivity index (χ3n) is 8.71. The van der Waals surface area contributed by atoms with E-state index >= 15 is 0 Å². The monoisotopic (exact) mass is 659 g/mol. The lowest BCUT2D eigenvalue weighted by atomic mass is 9.90. The van der Waals surface area contributed by atoms with E-state index in [4.69, 9.17) is 37.9 Å². The fraction of sp³-hybridized carbons (Fsp3) is 0.361. The molecule has 1 aliphatic heterocycles. The van der Waals surface area contributed by atoms with Crippen LogP contribution < -0.4 is 20.7 Å². The molecule has 0 radical (unpaired) electrons. The minimum Gasteiger partial charge on any atom is -0.481 e. The van der Waals surface area contributed by atoms with Crippen LogP contribution in [0.4, 0.5) is 0 Å². The van der Waals surface area contributed by atoms with Gasteiger partial charge in [-0.25, -0.2) is 4.98 Å². The number of aliphatic hydroxyl groups excluding tert-OH is 1.